The topological polar surface area (TPSA) is 71.8 Å². The highest BCUT2D eigenvalue weighted by Crippen LogP contribution is 2.14. The molecule has 0 atom stereocenters. The molecule has 0 saturated carbocycles. The van der Waals surface area contributed by atoms with Crippen LogP contribution in [0, 0.1) is 0 Å². The number of rotatable bonds is 5. The molecule has 2 rings (SSSR count). The van der Waals surface area contributed by atoms with Crippen LogP contribution in [0.15, 0.2) is 30.5 Å². The molecule has 0 aliphatic heterocycles. The zero-order valence-corrected chi connectivity index (χ0v) is 11.9. The van der Waals surface area contributed by atoms with Crippen molar-refractivity contribution < 1.29 is 4.79 Å². The molecule has 0 aromatic carbocycles. The summed E-state index contributed by atoms with van der Waals surface area (Å²) >= 11 is 0. The highest BCUT2D eigenvalue weighted by atomic mass is 16.2. The maximum absolute atomic E-state index is 12.2. The minimum Gasteiger partial charge on any atom is -0.370 e. The lowest BCUT2D eigenvalue weighted by Gasteiger charge is -2.11. The van der Waals surface area contributed by atoms with Crippen molar-refractivity contribution in [3.05, 3.63) is 36.2 Å². The highest BCUT2D eigenvalue weighted by molar-refractivity contribution is 6.02. The quantitative estimate of drug-likeness (QED) is 0.878. The summed E-state index contributed by atoms with van der Waals surface area (Å²) in [7, 11) is 0. The van der Waals surface area contributed by atoms with Crippen molar-refractivity contribution in [2.24, 2.45) is 0 Å². The van der Waals surface area contributed by atoms with Crippen LogP contribution >= 0.6 is 0 Å². The maximum atomic E-state index is 12.2. The first-order valence-electron chi connectivity index (χ1n) is 6.67. The van der Waals surface area contributed by atoms with Gasteiger partial charge in [-0.2, -0.15) is 5.10 Å². The van der Waals surface area contributed by atoms with Gasteiger partial charge in [-0.05, 0) is 32.9 Å². The minimum atomic E-state index is -0.243. The monoisotopic (exact) mass is 273 g/mol. The molecule has 0 spiro atoms. The van der Waals surface area contributed by atoms with Crippen LogP contribution in [0.5, 0.6) is 0 Å². The van der Waals surface area contributed by atoms with Crippen LogP contribution in [-0.2, 0) is 0 Å². The molecule has 6 heteroatoms. The minimum absolute atomic E-state index is 0.182. The molecular formula is C14H19N5O. The number of nitrogens with zero attached hydrogens (tertiary/aromatic N) is 3. The predicted octanol–water partition coefficient (Wildman–Crippen LogP) is 2.54. The van der Waals surface area contributed by atoms with Crippen LogP contribution in [0.25, 0.3) is 0 Å². The van der Waals surface area contributed by atoms with Crippen molar-refractivity contribution in [1.29, 1.82) is 0 Å². The van der Waals surface area contributed by atoms with Gasteiger partial charge in [0.25, 0.3) is 5.91 Å². The Hall–Kier alpha value is -2.37. The van der Waals surface area contributed by atoms with Gasteiger partial charge in [0.05, 0.1) is 6.20 Å². The lowest BCUT2D eigenvalue weighted by Crippen LogP contribution is -2.18. The van der Waals surface area contributed by atoms with Crippen LogP contribution in [0.3, 0.4) is 0 Å². The lowest BCUT2D eigenvalue weighted by atomic mass is 10.3. The normalized spacial score (nSPS) is 10.6. The van der Waals surface area contributed by atoms with Crippen molar-refractivity contribution in [1.82, 2.24) is 14.8 Å². The standard InChI is InChI=1S/C14H19N5O/c1-4-15-12-7-5-6-11(17-12)14(20)18-13-8-9-16-19(13)10(2)3/h5-10H,4H2,1-3H3,(H,15,17)(H,18,20). The Morgan fingerprint density at radius 1 is 1.35 bits per heavy atom. The Morgan fingerprint density at radius 3 is 2.85 bits per heavy atom. The summed E-state index contributed by atoms with van der Waals surface area (Å²) in [5.41, 5.74) is 0.375. The van der Waals surface area contributed by atoms with Gasteiger partial charge in [-0.25, -0.2) is 9.67 Å². The number of hydrogen-bond acceptors (Lipinski definition) is 4. The summed E-state index contributed by atoms with van der Waals surface area (Å²) in [5, 5.41) is 10.1. The zero-order valence-electron chi connectivity index (χ0n) is 11.9. The molecular weight excluding hydrogens is 254 g/mol. The van der Waals surface area contributed by atoms with E-state index in [1.165, 1.54) is 0 Å². The second-order valence-electron chi connectivity index (χ2n) is 4.65. The molecule has 0 saturated heterocycles. The number of carbonyl (C=O) groups excluding carboxylic acids is 1. The van der Waals surface area contributed by atoms with Crippen molar-refractivity contribution in [2.45, 2.75) is 26.8 Å². The van der Waals surface area contributed by atoms with Gasteiger partial charge in [0.15, 0.2) is 0 Å². The molecule has 2 heterocycles. The summed E-state index contributed by atoms with van der Waals surface area (Å²) < 4.78 is 1.76. The summed E-state index contributed by atoms with van der Waals surface area (Å²) in [4.78, 5) is 16.5. The van der Waals surface area contributed by atoms with E-state index in [1.807, 2.05) is 26.8 Å². The van der Waals surface area contributed by atoms with E-state index in [-0.39, 0.29) is 11.9 Å². The second kappa shape index (κ2) is 6.18. The van der Waals surface area contributed by atoms with Gasteiger partial charge < -0.3 is 10.6 Å². The van der Waals surface area contributed by atoms with Crippen molar-refractivity contribution in [2.75, 3.05) is 17.2 Å². The van der Waals surface area contributed by atoms with Crippen molar-refractivity contribution in [3.8, 4) is 0 Å². The van der Waals surface area contributed by atoms with Gasteiger partial charge in [-0.3, -0.25) is 4.79 Å². The number of carbonyl (C=O) groups is 1. The summed E-state index contributed by atoms with van der Waals surface area (Å²) in [6, 6.07) is 7.28. The van der Waals surface area contributed by atoms with E-state index < -0.39 is 0 Å². The predicted molar refractivity (Wildman–Crippen MR) is 79.0 cm³/mol. The molecule has 2 aromatic heterocycles. The third-order valence-corrected chi connectivity index (χ3v) is 2.74. The zero-order chi connectivity index (χ0) is 14.5. The molecule has 0 aliphatic rings. The van der Waals surface area contributed by atoms with Crippen LogP contribution in [0.4, 0.5) is 11.6 Å². The maximum Gasteiger partial charge on any atom is 0.275 e. The van der Waals surface area contributed by atoms with E-state index in [0.717, 1.165) is 6.54 Å². The lowest BCUT2D eigenvalue weighted by molar-refractivity contribution is 0.102. The smallest absolute Gasteiger partial charge is 0.275 e. The molecule has 2 N–H and O–H groups in total. The average Bonchev–Trinajstić information content (AvgIpc) is 2.88. The first-order chi connectivity index (χ1) is 9.61. The third kappa shape index (κ3) is 3.14. The van der Waals surface area contributed by atoms with Crippen molar-refractivity contribution >= 4 is 17.5 Å². The highest BCUT2D eigenvalue weighted by Gasteiger charge is 2.12. The fourth-order valence-corrected chi connectivity index (χ4v) is 1.85. The number of hydrogen-bond donors (Lipinski definition) is 2. The van der Waals surface area contributed by atoms with Crippen LogP contribution in [0.1, 0.15) is 37.3 Å². The molecule has 0 radical (unpaired) electrons. The van der Waals surface area contributed by atoms with Crippen LogP contribution < -0.4 is 10.6 Å². The number of aromatic nitrogens is 3. The van der Waals surface area contributed by atoms with Crippen LogP contribution in [0.2, 0.25) is 0 Å². The van der Waals surface area contributed by atoms with Gasteiger partial charge in [0.1, 0.15) is 17.3 Å². The van der Waals surface area contributed by atoms with Gasteiger partial charge in [0.2, 0.25) is 0 Å². The van der Waals surface area contributed by atoms with Crippen molar-refractivity contribution in [3.63, 3.8) is 0 Å². The van der Waals surface area contributed by atoms with Gasteiger partial charge in [0, 0.05) is 18.7 Å². The Morgan fingerprint density at radius 2 is 2.15 bits per heavy atom. The third-order valence-electron chi connectivity index (χ3n) is 2.74. The number of anilines is 2. The molecule has 2 aromatic rings. The first-order valence-corrected chi connectivity index (χ1v) is 6.67. The molecule has 0 fully saturated rings. The largest absolute Gasteiger partial charge is 0.370 e. The molecule has 0 unspecified atom stereocenters. The van der Waals surface area contributed by atoms with E-state index >= 15 is 0 Å². The Kier molecular flexibility index (Phi) is 4.34. The number of amides is 1. The molecule has 20 heavy (non-hydrogen) atoms. The Labute approximate surface area is 118 Å². The van der Waals surface area contributed by atoms with Crippen LogP contribution in [-0.4, -0.2) is 27.2 Å². The number of nitrogens with one attached hydrogen (secondary N) is 2. The number of pyridine rings is 1. The molecule has 0 aliphatic carbocycles. The summed E-state index contributed by atoms with van der Waals surface area (Å²) in [5.74, 6) is 1.12. The fraction of sp³-hybridized carbons (Fsp3) is 0.357. The van der Waals surface area contributed by atoms with E-state index in [2.05, 4.69) is 20.7 Å². The van der Waals surface area contributed by atoms with E-state index in [1.54, 1.807) is 29.1 Å². The SMILES string of the molecule is CCNc1cccc(C(=O)Nc2ccnn2C(C)C)n1. The Balaban J connectivity index is 2.15. The van der Waals surface area contributed by atoms with Gasteiger partial charge in [-0.1, -0.05) is 6.07 Å². The summed E-state index contributed by atoms with van der Waals surface area (Å²) in [6.45, 7) is 6.76. The molecule has 1 amide bonds. The van der Waals surface area contributed by atoms with E-state index in [4.69, 9.17) is 0 Å². The molecule has 0 bridgehead atoms. The van der Waals surface area contributed by atoms with E-state index in [9.17, 15) is 4.79 Å². The fourth-order valence-electron chi connectivity index (χ4n) is 1.85. The summed E-state index contributed by atoms with van der Waals surface area (Å²) in [6.07, 6.45) is 1.66. The first kappa shape index (κ1) is 14.0. The Bertz CT molecular complexity index is 591. The second-order valence-corrected chi connectivity index (χ2v) is 4.65. The van der Waals surface area contributed by atoms with Gasteiger partial charge >= 0.3 is 0 Å². The van der Waals surface area contributed by atoms with Gasteiger partial charge in [-0.15, -0.1) is 0 Å². The van der Waals surface area contributed by atoms with E-state index in [0.29, 0.717) is 17.3 Å². The average molecular weight is 273 g/mol. The molecule has 106 valence electrons. The molecule has 6 nitrogen and oxygen atoms in total.